The molecule has 0 saturated heterocycles. The molecule has 1 atom stereocenters. The molecule has 1 aliphatic rings. The Hall–Kier alpha value is -1.39. The SMILES string of the molecule is Cc1ccc2c(c1N)B(C(C)C)c1ccccc1[S+]2[O-]. The minimum absolute atomic E-state index is 0.221. The normalized spacial score (nSPS) is 17.1. The van der Waals surface area contributed by atoms with E-state index in [4.69, 9.17) is 5.73 Å². The van der Waals surface area contributed by atoms with Gasteiger partial charge in [-0.1, -0.05) is 43.9 Å². The number of hydrogen-bond acceptors (Lipinski definition) is 2. The Bertz CT molecular complexity index is 672. The van der Waals surface area contributed by atoms with Gasteiger partial charge >= 0.3 is 0 Å². The Kier molecular flexibility index (Phi) is 3.31. The van der Waals surface area contributed by atoms with E-state index in [1.54, 1.807) is 0 Å². The minimum atomic E-state index is -1.13. The lowest BCUT2D eigenvalue weighted by Crippen LogP contribution is -2.53. The van der Waals surface area contributed by atoms with E-state index in [-0.39, 0.29) is 6.71 Å². The Morgan fingerprint density at radius 3 is 2.50 bits per heavy atom. The molecule has 0 saturated carbocycles. The van der Waals surface area contributed by atoms with Crippen molar-refractivity contribution in [2.45, 2.75) is 36.4 Å². The molecule has 102 valence electrons. The topological polar surface area (TPSA) is 49.1 Å². The highest BCUT2D eigenvalue weighted by atomic mass is 32.2. The van der Waals surface area contributed by atoms with Crippen LogP contribution in [-0.2, 0) is 11.2 Å². The van der Waals surface area contributed by atoms with Crippen molar-refractivity contribution in [2.24, 2.45) is 0 Å². The van der Waals surface area contributed by atoms with Gasteiger partial charge < -0.3 is 10.3 Å². The number of nitrogen functional groups attached to an aromatic ring is 1. The molecule has 4 heteroatoms. The highest BCUT2D eigenvalue weighted by molar-refractivity contribution is 7.92. The molecular formula is C16H18BNOS. The lowest BCUT2D eigenvalue weighted by atomic mass is 9.34. The van der Waals surface area contributed by atoms with E-state index in [2.05, 4.69) is 19.9 Å². The smallest absolute Gasteiger partial charge is 0.227 e. The average molecular weight is 283 g/mol. The van der Waals surface area contributed by atoms with Crippen LogP contribution in [0.15, 0.2) is 46.2 Å². The first-order valence-electron chi connectivity index (χ1n) is 6.92. The summed E-state index contributed by atoms with van der Waals surface area (Å²) in [7, 11) is 0. The summed E-state index contributed by atoms with van der Waals surface area (Å²) < 4.78 is 12.8. The monoisotopic (exact) mass is 283 g/mol. The molecule has 2 aromatic rings. The summed E-state index contributed by atoms with van der Waals surface area (Å²) >= 11 is -1.13. The van der Waals surface area contributed by atoms with Crippen LogP contribution in [0.25, 0.3) is 0 Å². The van der Waals surface area contributed by atoms with Crippen molar-refractivity contribution in [1.82, 2.24) is 0 Å². The zero-order chi connectivity index (χ0) is 14.4. The van der Waals surface area contributed by atoms with Gasteiger partial charge in [-0.05, 0) is 30.1 Å². The van der Waals surface area contributed by atoms with Crippen LogP contribution in [0.2, 0.25) is 5.82 Å². The second kappa shape index (κ2) is 4.87. The van der Waals surface area contributed by atoms with Crippen molar-refractivity contribution >= 4 is 34.5 Å². The van der Waals surface area contributed by atoms with Gasteiger partial charge in [-0.2, -0.15) is 0 Å². The second-order valence-electron chi connectivity index (χ2n) is 5.74. The van der Waals surface area contributed by atoms with Gasteiger partial charge in [0, 0.05) is 22.3 Å². The molecule has 3 rings (SSSR count). The maximum atomic E-state index is 12.8. The van der Waals surface area contributed by atoms with Gasteiger partial charge in [-0.25, -0.2) is 0 Å². The van der Waals surface area contributed by atoms with Crippen LogP contribution in [0.1, 0.15) is 19.4 Å². The van der Waals surface area contributed by atoms with Crippen LogP contribution in [-0.4, -0.2) is 11.3 Å². The molecule has 2 N–H and O–H groups in total. The number of aryl methyl sites for hydroxylation is 1. The third kappa shape index (κ3) is 1.86. The number of benzene rings is 2. The summed E-state index contributed by atoms with van der Waals surface area (Å²) in [4.78, 5) is 1.81. The number of anilines is 1. The standard InChI is InChI=1S/C16H18BNOS/c1-10(2)17-12-6-4-5-7-13(12)20(19)14-9-8-11(3)16(18)15(14)17/h4-10H,18H2,1-3H3. The van der Waals surface area contributed by atoms with Gasteiger partial charge in [0.15, 0.2) is 9.79 Å². The van der Waals surface area contributed by atoms with Crippen molar-refractivity contribution in [3.05, 3.63) is 42.0 Å². The van der Waals surface area contributed by atoms with E-state index in [1.807, 2.05) is 37.3 Å². The molecule has 2 nitrogen and oxygen atoms in total. The Morgan fingerprint density at radius 2 is 1.80 bits per heavy atom. The molecule has 0 bridgehead atoms. The molecular weight excluding hydrogens is 265 g/mol. The summed E-state index contributed by atoms with van der Waals surface area (Å²) in [6, 6.07) is 12.0. The molecule has 0 aliphatic carbocycles. The first-order chi connectivity index (χ1) is 9.52. The average Bonchev–Trinajstić information content (AvgIpc) is 2.43. The maximum absolute atomic E-state index is 12.8. The molecule has 0 spiro atoms. The molecule has 1 heterocycles. The zero-order valence-corrected chi connectivity index (χ0v) is 12.8. The first kappa shape index (κ1) is 13.6. The molecule has 20 heavy (non-hydrogen) atoms. The summed E-state index contributed by atoms with van der Waals surface area (Å²) in [6.45, 7) is 6.62. The van der Waals surface area contributed by atoms with Crippen LogP contribution in [0.3, 0.4) is 0 Å². The van der Waals surface area contributed by atoms with Crippen molar-refractivity contribution in [3.63, 3.8) is 0 Å². The Morgan fingerprint density at radius 1 is 1.10 bits per heavy atom. The van der Waals surface area contributed by atoms with Crippen LogP contribution in [0.5, 0.6) is 0 Å². The summed E-state index contributed by atoms with van der Waals surface area (Å²) in [5, 5.41) is 0. The number of rotatable bonds is 1. The summed E-state index contributed by atoms with van der Waals surface area (Å²) in [6.07, 6.45) is 0. The molecule has 0 aromatic heterocycles. The highest BCUT2D eigenvalue weighted by Crippen LogP contribution is 2.29. The second-order valence-corrected chi connectivity index (χ2v) is 7.15. The Balaban J connectivity index is 2.33. The lowest BCUT2D eigenvalue weighted by Gasteiger charge is -2.30. The molecule has 2 aromatic carbocycles. The van der Waals surface area contributed by atoms with Gasteiger partial charge in [0.2, 0.25) is 6.71 Å². The minimum Gasteiger partial charge on any atom is -0.606 e. The highest BCUT2D eigenvalue weighted by Gasteiger charge is 2.40. The predicted octanol–water partition coefficient (Wildman–Crippen LogP) is 2.08. The van der Waals surface area contributed by atoms with Crippen LogP contribution in [0, 0.1) is 6.92 Å². The van der Waals surface area contributed by atoms with Gasteiger partial charge in [0.05, 0.1) is 0 Å². The third-order valence-electron chi connectivity index (χ3n) is 4.10. The van der Waals surface area contributed by atoms with E-state index in [0.717, 1.165) is 32.0 Å². The van der Waals surface area contributed by atoms with E-state index in [1.165, 1.54) is 0 Å². The van der Waals surface area contributed by atoms with Crippen LogP contribution in [0.4, 0.5) is 5.69 Å². The van der Waals surface area contributed by atoms with Gasteiger partial charge in [-0.15, -0.1) is 0 Å². The molecule has 1 unspecified atom stereocenters. The van der Waals surface area contributed by atoms with Gasteiger partial charge in [0.1, 0.15) is 0 Å². The maximum Gasteiger partial charge on any atom is 0.227 e. The number of fused-ring (bicyclic) bond motifs is 2. The molecule has 1 aliphatic heterocycles. The van der Waals surface area contributed by atoms with Crippen molar-refractivity contribution < 1.29 is 4.55 Å². The van der Waals surface area contributed by atoms with E-state index < -0.39 is 11.2 Å². The predicted molar refractivity (Wildman–Crippen MR) is 86.8 cm³/mol. The zero-order valence-electron chi connectivity index (χ0n) is 12.0. The molecule has 0 fully saturated rings. The number of nitrogens with two attached hydrogens (primary N) is 1. The molecule has 0 radical (unpaired) electrons. The van der Waals surface area contributed by atoms with E-state index in [0.29, 0.717) is 5.82 Å². The van der Waals surface area contributed by atoms with Crippen LogP contribution >= 0.6 is 0 Å². The first-order valence-corrected chi connectivity index (χ1v) is 8.07. The largest absolute Gasteiger partial charge is 0.606 e. The fraction of sp³-hybridized carbons (Fsp3) is 0.250. The fourth-order valence-corrected chi connectivity index (χ4v) is 4.56. The quantitative estimate of drug-likeness (QED) is 0.495. The number of hydrogen-bond donors (Lipinski definition) is 1. The lowest BCUT2D eigenvalue weighted by molar-refractivity contribution is 0.595. The van der Waals surface area contributed by atoms with E-state index in [9.17, 15) is 4.55 Å². The van der Waals surface area contributed by atoms with Crippen molar-refractivity contribution in [1.29, 1.82) is 0 Å². The van der Waals surface area contributed by atoms with E-state index >= 15 is 0 Å². The van der Waals surface area contributed by atoms with Gasteiger partial charge in [0.25, 0.3) is 0 Å². The van der Waals surface area contributed by atoms with Crippen molar-refractivity contribution in [3.8, 4) is 0 Å². The van der Waals surface area contributed by atoms with Crippen LogP contribution < -0.4 is 16.7 Å². The summed E-state index contributed by atoms with van der Waals surface area (Å²) in [5.41, 5.74) is 10.4. The molecule has 0 amide bonds. The third-order valence-corrected chi connectivity index (χ3v) is 5.62. The van der Waals surface area contributed by atoms with Crippen molar-refractivity contribution in [2.75, 3.05) is 5.73 Å². The fourth-order valence-electron chi connectivity index (χ4n) is 3.08. The Labute approximate surface area is 123 Å². The van der Waals surface area contributed by atoms with Gasteiger partial charge in [-0.3, -0.25) is 0 Å². The summed E-state index contributed by atoms with van der Waals surface area (Å²) in [5.74, 6) is 0.413.